The van der Waals surface area contributed by atoms with Crippen LogP contribution in [0.1, 0.15) is 18.7 Å². The molecule has 1 atom stereocenters. The Morgan fingerprint density at radius 2 is 2.16 bits per heavy atom. The molecule has 1 aliphatic rings. The van der Waals surface area contributed by atoms with Gasteiger partial charge in [-0.25, -0.2) is 13.1 Å². The maximum absolute atomic E-state index is 12.4. The Morgan fingerprint density at radius 3 is 2.84 bits per heavy atom. The van der Waals surface area contributed by atoms with Crippen LogP contribution >= 0.6 is 0 Å². The monoisotopic (exact) mass is 366 g/mol. The third-order valence-corrected chi connectivity index (χ3v) is 5.75. The second kappa shape index (κ2) is 7.94. The van der Waals surface area contributed by atoms with Crippen LogP contribution < -0.4 is 9.46 Å². The van der Waals surface area contributed by atoms with Crippen LogP contribution in [0.25, 0.3) is 0 Å². The molecule has 0 bridgehead atoms. The molecule has 9 heteroatoms. The van der Waals surface area contributed by atoms with Gasteiger partial charge >= 0.3 is 0 Å². The van der Waals surface area contributed by atoms with Crippen LogP contribution in [-0.4, -0.2) is 50.2 Å². The van der Waals surface area contributed by atoms with Crippen LogP contribution in [-0.2, 0) is 16.6 Å². The van der Waals surface area contributed by atoms with Crippen LogP contribution in [0.4, 0.5) is 0 Å². The maximum Gasteiger partial charge on any atom is 0.240 e. The smallest absolute Gasteiger partial charge is 0.240 e. The average Bonchev–Trinajstić information content (AvgIpc) is 3.13. The number of likely N-dealkylation sites (tertiary alicyclic amines) is 1. The molecule has 3 rings (SSSR count). The van der Waals surface area contributed by atoms with E-state index < -0.39 is 10.0 Å². The van der Waals surface area contributed by atoms with Gasteiger partial charge in [0.15, 0.2) is 5.82 Å². The lowest BCUT2D eigenvalue weighted by Gasteiger charge is -2.31. The van der Waals surface area contributed by atoms with E-state index in [1.807, 2.05) is 0 Å². The van der Waals surface area contributed by atoms with Crippen LogP contribution in [0.15, 0.2) is 40.1 Å². The molecule has 1 N–H and O–H groups in total. The molecule has 2 aromatic rings. The van der Waals surface area contributed by atoms with Crippen molar-refractivity contribution in [2.24, 2.45) is 5.92 Å². The lowest BCUT2D eigenvalue weighted by molar-refractivity contribution is 0.164. The maximum atomic E-state index is 12.4. The largest absolute Gasteiger partial charge is 0.497 e. The molecule has 1 aromatic heterocycles. The third kappa shape index (κ3) is 4.77. The predicted octanol–water partition coefficient (Wildman–Crippen LogP) is 1.27. The number of piperidine rings is 1. The molecule has 1 aromatic carbocycles. The highest BCUT2D eigenvalue weighted by Gasteiger charge is 2.23. The van der Waals surface area contributed by atoms with E-state index in [-0.39, 0.29) is 10.8 Å². The van der Waals surface area contributed by atoms with Crippen LogP contribution in [0.2, 0.25) is 0 Å². The fraction of sp³-hybridized carbons (Fsp3) is 0.500. The summed E-state index contributed by atoms with van der Waals surface area (Å²) >= 11 is 0. The van der Waals surface area contributed by atoms with Crippen molar-refractivity contribution in [2.75, 3.05) is 26.7 Å². The highest BCUT2D eigenvalue weighted by molar-refractivity contribution is 7.89. The Balaban J connectivity index is 1.54. The molecule has 0 spiro atoms. The molecule has 0 saturated carbocycles. The van der Waals surface area contributed by atoms with Crippen molar-refractivity contribution in [1.29, 1.82) is 0 Å². The standard InChI is InChI=1S/C16H22N4O4S/c1-23-14-4-6-15(7-5-14)25(21,22)18-9-13-3-2-8-20(10-13)11-16-17-12-24-19-16/h4-7,12-13,18H,2-3,8-11H2,1H3. The van der Waals surface area contributed by atoms with Gasteiger partial charge in [-0.15, -0.1) is 0 Å². The third-order valence-electron chi connectivity index (χ3n) is 4.31. The summed E-state index contributed by atoms with van der Waals surface area (Å²) in [7, 11) is -1.97. The number of ether oxygens (including phenoxy) is 1. The first-order valence-electron chi connectivity index (χ1n) is 8.18. The number of hydrogen-bond donors (Lipinski definition) is 1. The Kier molecular flexibility index (Phi) is 5.67. The predicted molar refractivity (Wildman–Crippen MR) is 90.5 cm³/mol. The molecule has 1 fully saturated rings. The minimum absolute atomic E-state index is 0.243. The zero-order valence-electron chi connectivity index (χ0n) is 14.1. The highest BCUT2D eigenvalue weighted by Crippen LogP contribution is 2.19. The van der Waals surface area contributed by atoms with Gasteiger partial charge in [0.2, 0.25) is 16.4 Å². The molecule has 8 nitrogen and oxygen atoms in total. The Bertz CT molecular complexity index is 762. The number of aromatic nitrogens is 2. The first-order chi connectivity index (χ1) is 12.1. The molecule has 1 saturated heterocycles. The van der Waals surface area contributed by atoms with Gasteiger partial charge in [0.05, 0.1) is 18.6 Å². The molecule has 0 amide bonds. The first kappa shape index (κ1) is 17.8. The topological polar surface area (TPSA) is 97.6 Å². The van der Waals surface area contributed by atoms with Gasteiger partial charge in [-0.2, -0.15) is 4.98 Å². The summed E-state index contributed by atoms with van der Waals surface area (Å²) in [6.45, 7) is 2.80. The number of benzene rings is 1. The number of rotatable bonds is 7. The van der Waals surface area contributed by atoms with Crippen molar-refractivity contribution < 1.29 is 17.7 Å². The van der Waals surface area contributed by atoms with Crippen LogP contribution in [0, 0.1) is 5.92 Å². The fourth-order valence-electron chi connectivity index (χ4n) is 2.99. The molecule has 1 aliphatic heterocycles. The van der Waals surface area contributed by atoms with Gasteiger partial charge in [0.25, 0.3) is 0 Å². The van der Waals surface area contributed by atoms with Crippen molar-refractivity contribution in [3.05, 3.63) is 36.5 Å². The quantitative estimate of drug-likeness (QED) is 0.788. The Morgan fingerprint density at radius 1 is 1.36 bits per heavy atom. The minimum atomic E-state index is -3.52. The number of nitrogens with zero attached hydrogens (tertiary/aromatic N) is 3. The van der Waals surface area contributed by atoms with Crippen molar-refractivity contribution >= 4 is 10.0 Å². The number of nitrogens with one attached hydrogen (secondary N) is 1. The van der Waals surface area contributed by atoms with Gasteiger partial charge < -0.3 is 9.26 Å². The van der Waals surface area contributed by atoms with Crippen LogP contribution in [0.3, 0.4) is 0 Å². The zero-order valence-corrected chi connectivity index (χ0v) is 14.9. The van der Waals surface area contributed by atoms with E-state index in [1.165, 1.54) is 6.39 Å². The number of methoxy groups -OCH3 is 1. The van der Waals surface area contributed by atoms with E-state index >= 15 is 0 Å². The van der Waals surface area contributed by atoms with E-state index in [0.29, 0.717) is 24.7 Å². The molecule has 25 heavy (non-hydrogen) atoms. The molecule has 2 heterocycles. The van der Waals surface area contributed by atoms with Crippen LogP contribution in [0.5, 0.6) is 5.75 Å². The van der Waals surface area contributed by atoms with E-state index in [1.54, 1.807) is 31.4 Å². The normalized spacial score (nSPS) is 19.0. The summed E-state index contributed by atoms with van der Waals surface area (Å²) in [6, 6.07) is 6.37. The first-order valence-corrected chi connectivity index (χ1v) is 9.66. The summed E-state index contributed by atoms with van der Waals surface area (Å²) < 4.78 is 37.4. The fourth-order valence-corrected chi connectivity index (χ4v) is 4.11. The summed E-state index contributed by atoms with van der Waals surface area (Å²) in [5.74, 6) is 1.54. The van der Waals surface area contributed by atoms with Crippen molar-refractivity contribution in [3.63, 3.8) is 0 Å². The van der Waals surface area contributed by atoms with E-state index in [9.17, 15) is 8.42 Å². The average molecular weight is 366 g/mol. The van der Waals surface area contributed by atoms with Gasteiger partial charge in [0.1, 0.15) is 5.75 Å². The van der Waals surface area contributed by atoms with E-state index in [2.05, 4.69) is 19.8 Å². The second-order valence-corrected chi connectivity index (χ2v) is 7.89. The Labute approximate surface area is 147 Å². The summed E-state index contributed by atoms with van der Waals surface area (Å²) in [4.78, 5) is 6.50. The lowest BCUT2D eigenvalue weighted by Crippen LogP contribution is -2.40. The molecule has 1 unspecified atom stereocenters. The van der Waals surface area contributed by atoms with Gasteiger partial charge in [0, 0.05) is 13.1 Å². The van der Waals surface area contributed by atoms with Gasteiger partial charge in [-0.05, 0) is 49.6 Å². The van der Waals surface area contributed by atoms with E-state index in [0.717, 1.165) is 25.9 Å². The molecule has 0 aliphatic carbocycles. The van der Waals surface area contributed by atoms with Gasteiger partial charge in [-0.3, -0.25) is 4.90 Å². The number of hydrogen-bond acceptors (Lipinski definition) is 7. The van der Waals surface area contributed by atoms with Crippen molar-refractivity contribution in [3.8, 4) is 5.75 Å². The Hall–Kier alpha value is -1.97. The second-order valence-electron chi connectivity index (χ2n) is 6.12. The van der Waals surface area contributed by atoms with Crippen molar-refractivity contribution in [2.45, 2.75) is 24.3 Å². The van der Waals surface area contributed by atoms with Gasteiger partial charge in [-0.1, -0.05) is 5.16 Å². The number of sulfonamides is 1. The lowest BCUT2D eigenvalue weighted by atomic mass is 9.98. The minimum Gasteiger partial charge on any atom is -0.497 e. The van der Waals surface area contributed by atoms with E-state index in [4.69, 9.17) is 9.26 Å². The summed E-state index contributed by atoms with van der Waals surface area (Å²) in [5.41, 5.74) is 0. The molecule has 0 radical (unpaired) electrons. The summed E-state index contributed by atoms with van der Waals surface area (Å²) in [6.07, 6.45) is 3.33. The van der Waals surface area contributed by atoms with Crippen molar-refractivity contribution in [1.82, 2.24) is 19.8 Å². The molecule has 136 valence electrons. The summed E-state index contributed by atoms with van der Waals surface area (Å²) in [5, 5.41) is 3.82. The zero-order chi connectivity index (χ0) is 17.7. The SMILES string of the molecule is COc1ccc(S(=O)(=O)NCC2CCCN(Cc3ncon3)C2)cc1. The highest BCUT2D eigenvalue weighted by atomic mass is 32.2. The molecular formula is C16H22N4O4S. The molecular weight excluding hydrogens is 344 g/mol.